The Kier molecular flexibility index (Phi) is 6.42. The lowest BCUT2D eigenvalue weighted by atomic mass is 10.2. The molecule has 148 valence electrons. The highest BCUT2D eigenvalue weighted by Gasteiger charge is 2.07. The lowest BCUT2D eigenvalue weighted by Gasteiger charge is -2.11. The molecule has 0 spiro atoms. The third kappa shape index (κ3) is 5.55. The van der Waals surface area contributed by atoms with Gasteiger partial charge in [0.25, 0.3) is 5.69 Å². The van der Waals surface area contributed by atoms with Gasteiger partial charge in [-0.15, -0.1) is 0 Å². The molecule has 7 heteroatoms. The number of methoxy groups -OCH3 is 1. The monoisotopic (exact) mass is 391 g/mol. The number of nitrogens with one attached hydrogen (secondary N) is 1. The van der Waals surface area contributed by atoms with Crippen LogP contribution in [0.1, 0.15) is 16.7 Å². The summed E-state index contributed by atoms with van der Waals surface area (Å²) in [5.41, 5.74) is 6.38. The van der Waals surface area contributed by atoms with E-state index in [1.807, 2.05) is 49.4 Å². The van der Waals surface area contributed by atoms with Crippen molar-refractivity contribution < 1.29 is 14.4 Å². The molecule has 0 bridgehead atoms. The minimum absolute atomic E-state index is 0.00180. The highest BCUT2D eigenvalue weighted by Crippen LogP contribution is 2.28. The Morgan fingerprint density at radius 1 is 1.07 bits per heavy atom. The summed E-state index contributed by atoms with van der Waals surface area (Å²) in [5, 5.41) is 14.9. The summed E-state index contributed by atoms with van der Waals surface area (Å²) in [5.74, 6) is 1.23. The molecule has 0 heterocycles. The molecule has 0 aliphatic carbocycles. The topological polar surface area (TPSA) is 86.0 Å². The van der Waals surface area contributed by atoms with Gasteiger partial charge in [0.15, 0.2) is 11.5 Å². The van der Waals surface area contributed by atoms with Gasteiger partial charge in [-0.1, -0.05) is 35.9 Å². The summed E-state index contributed by atoms with van der Waals surface area (Å²) in [4.78, 5) is 10.4. The second-order valence-electron chi connectivity index (χ2n) is 6.36. The number of benzene rings is 3. The Morgan fingerprint density at radius 2 is 1.86 bits per heavy atom. The molecule has 3 aromatic carbocycles. The van der Waals surface area contributed by atoms with Crippen molar-refractivity contribution in [1.82, 2.24) is 0 Å². The summed E-state index contributed by atoms with van der Waals surface area (Å²) >= 11 is 0. The smallest absolute Gasteiger partial charge is 0.271 e. The van der Waals surface area contributed by atoms with Crippen LogP contribution in [-0.2, 0) is 6.61 Å². The lowest BCUT2D eigenvalue weighted by Crippen LogP contribution is -1.99. The number of ether oxygens (including phenoxy) is 2. The third-order valence-corrected chi connectivity index (χ3v) is 4.17. The zero-order valence-corrected chi connectivity index (χ0v) is 16.2. The van der Waals surface area contributed by atoms with E-state index in [4.69, 9.17) is 9.47 Å². The van der Waals surface area contributed by atoms with Crippen LogP contribution in [0.25, 0.3) is 0 Å². The van der Waals surface area contributed by atoms with Gasteiger partial charge in [-0.25, -0.2) is 0 Å². The van der Waals surface area contributed by atoms with Crippen molar-refractivity contribution in [2.45, 2.75) is 13.5 Å². The molecule has 7 nitrogen and oxygen atoms in total. The molecule has 0 fully saturated rings. The van der Waals surface area contributed by atoms with Crippen LogP contribution in [-0.4, -0.2) is 18.2 Å². The average Bonchev–Trinajstić information content (AvgIpc) is 2.74. The minimum Gasteiger partial charge on any atom is -0.493 e. The number of aryl methyl sites for hydroxylation is 1. The fourth-order valence-corrected chi connectivity index (χ4v) is 2.60. The van der Waals surface area contributed by atoms with Crippen LogP contribution in [0.2, 0.25) is 0 Å². The van der Waals surface area contributed by atoms with Crippen LogP contribution in [0.15, 0.2) is 71.8 Å². The standard InChI is InChI=1S/C22H21N3O4/c1-16-6-8-17(9-7-16)15-29-21-11-10-18(12-22(21)28-2)14-23-24-19-4-3-5-20(13-19)25(26)27/h3-14,24H,15H2,1-2H3. The summed E-state index contributed by atoms with van der Waals surface area (Å²) in [7, 11) is 1.58. The van der Waals surface area contributed by atoms with Crippen molar-refractivity contribution in [3.05, 3.63) is 93.5 Å². The third-order valence-electron chi connectivity index (χ3n) is 4.17. The number of non-ortho nitro benzene ring substituents is 1. The first-order chi connectivity index (χ1) is 14.0. The number of hydrogen-bond acceptors (Lipinski definition) is 6. The summed E-state index contributed by atoms with van der Waals surface area (Å²) in [6.07, 6.45) is 1.60. The van der Waals surface area contributed by atoms with Crippen LogP contribution in [0.3, 0.4) is 0 Å². The van der Waals surface area contributed by atoms with Gasteiger partial charge in [-0.2, -0.15) is 5.10 Å². The molecule has 3 rings (SSSR count). The number of hydrazone groups is 1. The molecule has 0 radical (unpaired) electrons. The van der Waals surface area contributed by atoms with Gasteiger partial charge in [0.2, 0.25) is 0 Å². The zero-order chi connectivity index (χ0) is 20.6. The zero-order valence-electron chi connectivity index (χ0n) is 16.2. The number of nitro benzene ring substituents is 1. The van der Waals surface area contributed by atoms with Crippen LogP contribution in [0.5, 0.6) is 11.5 Å². The number of nitrogens with zero attached hydrogens (tertiary/aromatic N) is 2. The SMILES string of the molecule is COc1cc(C=NNc2cccc([N+](=O)[O-])c2)ccc1OCc1ccc(C)cc1. The van der Waals surface area contributed by atoms with Crippen molar-refractivity contribution in [2.24, 2.45) is 5.10 Å². The first kappa shape index (κ1) is 19.9. The van der Waals surface area contributed by atoms with Crippen LogP contribution < -0.4 is 14.9 Å². The van der Waals surface area contributed by atoms with Crippen molar-refractivity contribution in [2.75, 3.05) is 12.5 Å². The molecule has 29 heavy (non-hydrogen) atoms. The molecular formula is C22H21N3O4. The quantitative estimate of drug-likeness (QED) is 0.334. The molecule has 0 unspecified atom stereocenters. The highest BCUT2D eigenvalue weighted by molar-refractivity contribution is 5.81. The van der Waals surface area contributed by atoms with Crippen molar-refractivity contribution in [3.8, 4) is 11.5 Å². The van der Waals surface area contributed by atoms with Crippen molar-refractivity contribution >= 4 is 17.6 Å². The van der Waals surface area contributed by atoms with Gasteiger partial charge < -0.3 is 9.47 Å². The molecular weight excluding hydrogens is 370 g/mol. The molecule has 0 atom stereocenters. The van der Waals surface area contributed by atoms with Crippen molar-refractivity contribution in [1.29, 1.82) is 0 Å². The first-order valence-corrected chi connectivity index (χ1v) is 8.95. The van der Waals surface area contributed by atoms with Gasteiger partial charge in [0.05, 0.1) is 23.9 Å². The Labute approximate surface area is 168 Å². The van der Waals surface area contributed by atoms with E-state index in [1.54, 1.807) is 25.5 Å². The summed E-state index contributed by atoms with van der Waals surface area (Å²) < 4.78 is 11.3. The Balaban J connectivity index is 1.64. The summed E-state index contributed by atoms with van der Waals surface area (Å²) in [6.45, 7) is 2.49. The number of nitro groups is 1. The van der Waals surface area contributed by atoms with Gasteiger partial charge in [-0.05, 0) is 42.3 Å². The predicted molar refractivity (Wildman–Crippen MR) is 113 cm³/mol. The Bertz CT molecular complexity index is 1020. The maximum Gasteiger partial charge on any atom is 0.271 e. The molecule has 0 amide bonds. The second-order valence-corrected chi connectivity index (χ2v) is 6.36. The molecule has 0 aliphatic heterocycles. The fourth-order valence-electron chi connectivity index (χ4n) is 2.60. The van der Waals surface area contributed by atoms with Gasteiger partial charge in [0, 0.05) is 12.1 Å². The van der Waals surface area contributed by atoms with Gasteiger partial charge in [-0.3, -0.25) is 15.5 Å². The van der Waals surface area contributed by atoms with E-state index in [-0.39, 0.29) is 5.69 Å². The molecule has 1 N–H and O–H groups in total. The van der Waals surface area contributed by atoms with Crippen molar-refractivity contribution in [3.63, 3.8) is 0 Å². The first-order valence-electron chi connectivity index (χ1n) is 8.95. The van der Waals surface area contributed by atoms with Gasteiger partial charge >= 0.3 is 0 Å². The van der Waals surface area contributed by atoms with E-state index in [0.29, 0.717) is 23.8 Å². The maximum atomic E-state index is 10.8. The minimum atomic E-state index is -0.449. The second kappa shape index (κ2) is 9.36. The Morgan fingerprint density at radius 3 is 2.59 bits per heavy atom. The summed E-state index contributed by atoms with van der Waals surface area (Å²) in [6, 6.07) is 19.8. The van der Waals surface area contributed by atoms with E-state index < -0.39 is 4.92 Å². The van der Waals surface area contributed by atoms with Crippen LogP contribution in [0.4, 0.5) is 11.4 Å². The fraction of sp³-hybridized carbons (Fsp3) is 0.136. The normalized spacial score (nSPS) is 10.7. The largest absolute Gasteiger partial charge is 0.493 e. The van der Waals surface area contributed by atoms with E-state index in [9.17, 15) is 10.1 Å². The lowest BCUT2D eigenvalue weighted by molar-refractivity contribution is -0.384. The predicted octanol–water partition coefficient (Wildman–Crippen LogP) is 4.94. The highest BCUT2D eigenvalue weighted by atomic mass is 16.6. The van der Waals surface area contributed by atoms with E-state index in [1.165, 1.54) is 17.7 Å². The van der Waals surface area contributed by atoms with E-state index in [2.05, 4.69) is 10.5 Å². The number of anilines is 1. The van der Waals surface area contributed by atoms with E-state index in [0.717, 1.165) is 11.1 Å². The van der Waals surface area contributed by atoms with Crippen LogP contribution >= 0.6 is 0 Å². The average molecular weight is 391 g/mol. The molecule has 0 aliphatic rings. The Hall–Kier alpha value is -3.87. The van der Waals surface area contributed by atoms with Gasteiger partial charge in [0.1, 0.15) is 6.61 Å². The maximum absolute atomic E-state index is 10.8. The number of rotatable bonds is 8. The van der Waals surface area contributed by atoms with E-state index >= 15 is 0 Å². The molecule has 0 saturated heterocycles. The molecule has 0 aromatic heterocycles. The molecule has 0 saturated carbocycles. The number of hydrogen-bond donors (Lipinski definition) is 1. The van der Waals surface area contributed by atoms with Crippen LogP contribution in [0, 0.1) is 17.0 Å². The molecule has 3 aromatic rings.